The van der Waals surface area contributed by atoms with Crippen molar-refractivity contribution in [2.75, 3.05) is 13.7 Å². The molecule has 1 saturated heterocycles. The molecule has 7 heteroatoms. The Balaban J connectivity index is 1.71. The number of hydrogen-bond acceptors (Lipinski definition) is 6. The number of ketones is 1. The SMILES string of the molecule is COC(=O)C(=O)N1CCC[C@H]1C(=O)CC(Cc1ccccc1)C(=O)OCc1ccccc1. The van der Waals surface area contributed by atoms with Gasteiger partial charge in [0, 0.05) is 13.0 Å². The molecular weight excluding hydrogens is 410 g/mol. The van der Waals surface area contributed by atoms with Crippen molar-refractivity contribution >= 4 is 23.6 Å². The fourth-order valence-corrected chi connectivity index (χ4v) is 3.91. The van der Waals surface area contributed by atoms with E-state index in [0.717, 1.165) is 18.2 Å². The van der Waals surface area contributed by atoms with Gasteiger partial charge in [0.15, 0.2) is 5.78 Å². The number of carbonyl (C=O) groups is 4. The number of esters is 2. The Kier molecular flexibility index (Phi) is 8.14. The molecule has 0 spiro atoms. The van der Waals surface area contributed by atoms with Crippen LogP contribution in [0.2, 0.25) is 0 Å². The third kappa shape index (κ3) is 6.03. The number of hydrogen-bond donors (Lipinski definition) is 0. The summed E-state index contributed by atoms with van der Waals surface area (Å²) in [5, 5.41) is 0. The van der Waals surface area contributed by atoms with E-state index in [-0.39, 0.29) is 18.8 Å². The molecule has 2 atom stereocenters. The van der Waals surface area contributed by atoms with Gasteiger partial charge >= 0.3 is 17.8 Å². The van der Waals surface area contributed by atoms with Gasteiger partial charge in [0.1, 0.15) is 6.61 Å². The number of methoxy groups -OCH3 is 1. The molecule has 0 bridgehead atoms. The highest BCUT2D eigenvalue weighted by Gasteiger charge is 2.38. The van der Waals surface area contributed by atoms with E-state index in [4.69, 9.17) is 4.74 Å². The second-order valence-electron chi connectivity index (χ2n) is 7.80. The van der Waals surface area contributed by atoms with Crippen molar-refractivity contribution in [2.45, 2.75) is 38.3 Å². The Labute approximate surface area is 187 Å². The van der Waals surface area contributed by atoms with Crippen LogP contribution in [0.1, 0.15) is 30.4 Å². The molecule has 2 aromatic rings. The van der Waals surface area contributed by atoms with E-state index in [0.29, 0.717) is 25.8 Å². The number of Topliss-reactive ketones (excluding diaryl/α,β-unsaturated/α-hetero) is 1. The monoisotopic (exact) mass is 437 g/mol. The molecule has 1 aliphatic heterocycles. The van der Waals surface area contributed by atoms with Crippen LogP contribution in [0.5, 0.6) is 0 Å². The summed E-state index contributed by atoms with van der Waals surface area (Å²) < 4.78 is 10.0. The summed E-state index contributed by atoms with van der Waals surface area (Å²) in [6.45, 7) is 0.432. The summed E-state index contributed by atoms with van der Waals surface area (Å²) in [5.74, 6) is -3.22. The second kappa shape index (κ2) is 11.2. The molecule has 3 rings (SSSR count). The molecule has 1 unspecified atom stereocenters. The fourth-order valence-electron chi connectivity index (χ4n) is 3.91. The molecule has 0 N–H and O–H groups in total. The topological polar surface area (TPSA) is 90.0 Å². The van der Waals surface area contributed by atoms with E-state index >= 15 is 0 Å². The van der Waals surface area contributed by atoms with E-state index < -0.39 is 29.8 Å². The van der Waals surface area contributed by atoms with Crippen LogP contribution in [0.3, 0.4) is 0 Å². The van der Waals surface area contributed by atoms with Crippen molar-refractivity contribution in [2.24, 2.45) is 5.92 Å². The van der Waals surface area contributed by atoms with Crippen molar-refractivity contribution in [3.8, 4) is 0 Å². The summed E-state index contributed by atoms with van der Waals surface area (Å²) in [6, 6.07) is 18.0. The molecule has 1 amide bonds. The Morgan fingerprint density at radius 2 is 1.59 bits per heavy atom. The number of rotatable bonds is 8. The van der Waals surface area contributed by atoms with E-state index in [1.54, 1.807) is 0 Å². The molecule has 32 heavy (non-hydrogen) atoms. The lowest BCUT2D eigenvalue weighted by Gasteiger charge is -2.24. The third-order valence-electron chi connectivity index (χ3n) is 5.58. The van der Waals surface area contributed by atoms with Crippen LogP contribution in [0.15, 0.2) is 60.7 Å². The predicted octanol–water partition coefficient (Wildman–Crippen LogP) is 2.71. The van der Waals surface area contributed by atoms with Crippen molar-refractivity contribution in [3.05, 3.63) is 71.8 Å². The van der Waals surface area contributed by atoms with Gasteiger partial charge in [-0.3, -0.25) is 14.4 Å². The minimum absolute atomic E-state index is 0.0713. The molecule has 0 saturated carbocycles. The quantitative estimate of drug-likeness (QED) is 0.466. The Morgan fingerprint density at radius 3 is 2.22 bits per heavy atom. The number of nitrogens with zero attached hydrogens (tertiary/aromatic N) is 1. The lowest BCUT2D eigenvalue weighted by Crippen LogP contribution is -2.45. The lowest BCUT2D eigenvalue weighted by molar-refractivity contribution is -0.159. The van der Waals surface area contributed by atoms with Gasteiger partial charge in [-0.1, -0.05) is 60.7 Å². The molecule has 1 fully saturated rings. The lowest BCUT2D eigenvalue weighted by atomic mass is 9.91. The van der Waals surface area contributed by atoms with Gasteiger partial charge in [-0.2, -0.15) is 0 Å². The van der Waals surface area contributed by atoms with Crippen LogP contribution in [-0.4, -0.2) is 48.2 Å². The van der Waals surface area contributed by atoms with Gasteiger partial charge in [-0.05, 0) is 30.4 Å². The van der Waals surface area contributed by atoms with Crippen LogP contribution in [-0.2, 0) is 41.7 Å². The molecule has 0 aliphatic carbocycles. The molecule has 1 aliphatic rings. The summed E-state index contributed by atoms with van der Waals surface area (Å²) in [5.41, 5.74) is 1.77. The average molecular weight is 437 g/mol. The highest BCUT2D eigenvalue weighted by Crippen LogP contribution is 2.24. The van der Waals surface area contributed by atoms with Crippen LogP contribution < -0.4 is 0 Å². The van der Waals surface area contributed by atoms with Gasteiger partial charge in [0.2, 0.25) is 0 Å². The zero-order valence-corrected chi connectivity index (χ0v) is 18.1. The maximum Gasteiger partial charge on any atom is 0.396 e. The summed E-state index contributed by atoms with van der Waals surface area (Å²) in [7, 11) is 1.13. The second-order valence-corrected chi connectivity index (χ2v) is 7.80. The molecule has 1 heterocycles. The summed E-state index contributed by atoms with van der Waals surface area (Å²) >= 11 is 0. The standard InChI is InChI=1S/C25H27NO6/c1-31-25(30)23(28)26-14-8-13-21(26)22(27)16-20(15-18-9-4-2-5-10-18)24(29)32-17-19-11-6-3-7-12-19/h2-7,9-12,20-21H,8,13-17H2,1H3/t20?,21-/m0/s1. The van der Waals surface area contributed by atoms with Crippen molar-refractivity contribution < 1.29 is 28.7 Å². The highest BCUT2D eigenvalue weighted by molar-refractivity contribution is 6.32. The summed E-state index contributed by atoms with van der Waals surface area (Å²) in [6.07, 6.45) is 1.34. The first-order valence-corrected chi connectivity index (χ1v) is 10.7. The van der Waals surface area contributed by atoms with Gasteiger partial charge < -0.3 is 14.4 Å². The molecule has 7 nitrogen and oxygen atoms in total. The molecule has 2 aromatic carbocycles. The van der Waals surface area contributed by atoms with Gasteiger partial charge in [0.25, 0.3) is 0 Å². The Morgan fingerprint density at radius 1 is 0.969 bits per heavy atom. The van der Waals surface area contributed by atoms with Crippen molar-refractivity contribution in [1.29, 1.82) is 0 Å². The first-order valence-electron chi connectivity index (χ1n) is 10.7. The minimum atomic E-state index is -0.993. The van der Waals surface area contributed by atoms with E-state index in [1.165, 1.54) is 4.90 Å². The van der Waals surface area contributed by atoms with E-state index in [1.807, 2.05) is 60.7 Å². The number of likely N-dealkylation sites (tertiary alicyclic amines) is 1. The molecule has 168 valence electrons. The van der Waals surface area contributed by atoms with Crippen LogP contribution in [0, 0.1) is 5.92 Å². The number of carbonyl (C=O) groups excluding carboxylic acids is 4. The predicted molar refractivity (Wildman–Crippen MR) is 116 cm³/mol. The minimum Gasteiger partial charge on any atom is -0.462 e. The Bertz CT molecular complexity index is 943. The normalized spacial score (nSPS) is 16.3. The highest BCUT2D eigenvalue weighted by atomic mass is 16.5. The molecule has 0 aromatic heterocycles. The number of benzene rings is 2. The van der Waals surface area contributed by atoms with Crippen LogP contribution in [0.4, 0.5) is 0 Å². The molecular formula is C25H27NO6. The fraction of sp³-hybridized carbons (Fsp3) is 0.360. The smallest absolute Gasteiger partial charge is 0.396 e. The average Bonchev–Trinajstić information content (AvgIpc) is 3.32. The van der Waals surface area contributed by atoms with E-state index in [2.05, 4.69) is 4.74 Å². The first kappa shape index (κ1) is 23.2. The van der Waals surface area contributed by atoms with Crippen LogP contribution in [0.25, 0.3) is 0 Å². The zero-order valence-electron chi connectivity index (χ0n) is 18.1. The molecule has 0 radical (unpaired) electrons. The summed E-state index contributed by atoms with van der Waals surface area (Å²) in [4.78, 5) is 51.2. The maximum atomic E-state index is 13.1. The van der Waals surface area contributed by atoms with Gasteiger partial charge in [-0.15, -0.1) is 0 Å². The Hall–Kier alpha value is -3.48. The zero-order chi connectivity index (χ0) is 22.9. The number of amides is 1. The third-order valence-corrected chi connectivity index (χ3v) is 5.58. The van der Waals surface area contributed by atoms with Crippen LogP contribution >= 0.6 is 0 Å². The first-order chi connectivity index (χ1) is 15.5. The number of ether oxygens (including phenoxy) is 2. The van der Waals surface area contributed by atoms with Crippen molar-refractivity contribution in [1.82, 2.24) is 4.90 Å². The van der Waals surface area contributed by atoms with Gasteiger partial charge in [-0.25, -0.2) is 4.79 Å². The van der Waals surface area contributed by atoms with E-state index in [9.17, 15) is 19.2 Å². The van der Waals surface area contributed by atoms with Gasteiger partial charge in [0.05, 0.1) is 19.1 Å². The maximum absolute atomic E-state index is 13.1. The largest absolute Gasteiger partial charge is 0.462 e. The van der Waals surface area contributed by atoms with Crippen molar-refractivity contribution in [3.63, 3.8) is 0 Å².